The fraction of sp³-hybridized carbons (Fsp3) is 0.353. The third-order valence-electron chi connectivity index (χ3n) is 3.98. The first-order valence-electron chi connectivity index (χ1n) is 8.13. The fourth-order valence-corrected chi connectivity index (χ4v) is 3.16. The first kappa shape index (κ1) is 19.6. The summed E-state index contributed by atoms with van der Waals surface area (Å²) in [7, 11) is 1.34. The molecule has 8 nitrogen and oxygen atoms in total. The van der Waals surface area contributed by atoms with E-state index >= 15 is 0 Å². The zero-order valence-electron chi connectivity index (χ0n) is 14.3. The number of anilines is 1. The maximum atomic E-state index is 12.6. The highest BCUT2D eigenvalue weighted by atomic mass is 35.5. The van der Waals surface area contributed by atoms with Crippen molar-refractivity contribution in [3.63, 3.8) is 0 Å². The minimum Gasteiger partial charge on any atom is -0.486 e. The smallest absolute Gasteiger partial charge is 0.274 e. The molecule has 2 aromatic heterocycles. The number of halogens is 2. The SMILES string of the molecule is COOc1cnc(C(=O)Nc2c(Cl)cncc2Cl)cc1OC1CCC(O)C1. The highest BCUT2D eigenvalue weighted by Crippen LogP contribution is 2.33. The van der Waals surface area contributed by atoms with Gasteiger partial charge in [0, 0.05) is 24.9 Å². The standard InChI is InChI=1S/C17H17Cl2N3O5/c1-25-27-15-8-21-13(5-14(15)26-10-3-2-9(23)4-10)17(24)22-16-11(18)6-20-7-12(16)19/h5-10,23H,2-4H2,1H3,(H,20,22,24). The van der Waals surface area contributed by atoms with Gasteiger partial charge in [-0.2, -0.15) is 4.89 Å². The normalized spacial score (nSPS) is 19.0. The van der Waals surface area contributed by atoms with Crippen LogP contribution in [0.5, 0.6) is 11.5 Å². The molecular weight excluding hydrogens is 397 g/mol. The number of pyridine rings is 2. The van der Waals surface area contributed by atoms with Crippen molar-refractivity contribution in [3.05, 3.63) is 40.4 Å². The number of rotatable bonds is 6. The lowest BCUT2D eigenvalue weighted by Gasteiger charge is -2.16. The fourth-order valence-electron chi connectivity index (χ4n) is 2.71. The second kappa shape index (κ2) is 8.71. The zero-order valence-corrected chi connectivity index (χ0v) is 15.8. The Morgan fingerprint density at radius 3 is 2.59 bits per heavy atom. The van der Waals surface area contributed by atoms with E-state index in [1.807, 2.05) is 0 Å². The summed E-state index contributed by atoms with van der Waals surface area (Å²) in [4.78, 5) is 30.1. The number of nitrogens with zero attached hydrogens (tertiary/aromatic N) is 2. The van der Waals surface area contributed by atoms with Crippen LogP contribution in [0.3, 0.4) is 0 Å². The topological polar surface area (TPSA) is 103 Å². The summed E-state index contributed by atoms with van der Waals surface area (Å²) in [6.45, 7) is 0. The van der Waals surface area contributed by atoms with E-state index in [0.717, 1.165) is 0 Å². The molecule has 0 aromatic carbocycles. The van der Waals surface area contributed by atoms with Crippen LogP contribution in [-0.2, 0) is 4.89 Å². The second-order valence-corrected chi connectivity index (χ2v) is 6.72. The predicted octanol–water partition coefficient (Wildman–Crippen LogP) is 3.27. The van der Waals surface area contributed by atoms with E-state index in [2.05, 4.69) is 20.2 Å². The van der Waals surface area contributed by atoms with Crippen molar-refractivity contribution in [1.29, 1.82) is 0 Å². The predicted molar refractivity (Wildman–Crippen MR) is 98.4 cm³/mol. The van der Waals surface area contributed by atoms with E-state index in [1.165, 1.54) is 31.8 Å². The number of amides is 1. The molecule has 2 N–H and O–H groups in total. The average molecular weight is 414 g/mol. The van der Waals surface area contributed by atoms with E-state index < -0.39 is 12.0 Å². The summed E-state index contributed by atoms with van der Waals surface area (Å²) in [6.07, 6.45) is 5.30. The van der Waals surface area contributed by atoms with Gasteiger partial charge in [0.1, 0.15) is 11.8 Å². The third kappa shape index (κ3) is 4.78. The van der Waals surface area contributed by atoms with Crippen molar-refractivity contribution in [1.82, 2.24) is 9.97 Å². The lowest BCUT2D eigenvalue weighted by molar-refractivity contribution is -0.179. The summed E-state index contributed by atoms with van der Waals surface area (Å²) < 4.78 is 5.87. The molecule has 0 bridgehead atoms. The molecule has 2 atom stereocenters. The van der Waals surface area contributed by atoms with Crippen molar-refractivity contribution >= 4 is 34.8 Å². The summed E-state index contributed by atoms with van der Waals surface area (Å²) in [6, 6.07) is 1.43. The molecule has 1 saturated carbocycles. The van der Waals surface area contributed by atoms with Gasteiger partial charge >= 0.3 is 0 Å². The van der Waals surface area contributed by atoms with Crippen molar-refractivity contribution in [2.75, 3.05) is 12.4 Å². The molecule has 3 rings (SSSR count). The quantitative estimate of drug-likeness (QED) is 0.553. The van der Waals surface area contributed by atoms with Gasteiger partial charge in [-0.3, -0.25) is 9.78 Å². The molecule has 1 aliphatic carbocycles. The number of ether oxygens (including phenoxy) is 1. The Bertz CT molecular complexity index is 816. The number of carbonyl (C=O) groups is 1. The van der Waals surface area contributed by atoms with Crippen molar-refractivity contribution < 1.29 is 24.4 Å². The van der Waals surface area contributed by atoms with Crippen LogP contribution in [0.4, 0.5) is 5.69 Å². The van der Waals surface area contributed by atoms with Crippen LogP contribution in [0.1, 0.15) is 29.8 Å². The largest absolute Gasteiger partial charge is 0.486 e. The lowest BCUT2D eigenvalue weighted by Crippen LogP contribution is -2.17. The molecule has 2 unspecified atom stereocenters. The van der Waals surface area contributed by atoms with E-state index in [1.54, 1.807) is 0 Å². The Morgan fingerprint density at radius 1 is 1.22 bits per heavy atom. The van der Waals surface area contributed by atoms with E-state index in [4.69, 9.17) is 32.8 Å². The summed E-state index contributed by atoms with van der Waals surface area (Å²) in [5.41, 5.74) is 0.301. The molecule has 10 heteroatoms. The van der Waals surface area contributed by atoms with Crippen molar-refractivity contribution in [2.24, 2.45) is 0 Å². The molecule has 0 saturated heterocycles. The van der Waals surface area contributed by atoms with Crippen LogP contribution in [-0.4, -0.2) is 40.3 Å². The van der Waals surface area contributed by atoms with Crippen LogP contribution in [0, 0.1) is 0 Å². The maximum absolute atomic E-state index is 12.6. The van der Waals surface area contributed by atoms with E-state index in [0.29, 0.717) is 19.3 Å². The van der Waals surface area contributed by atoms with Gasteiger partial charge in [0.05, 0.1) is 35.1 Å². The number of aliphatic hydroxyl groups is 1. The van der Waals surface area contributed by atoms with Gasteiger partial charge in [-0.1, -0.05) is 23.2 Å². The molecule has 144 valence electrons. The molecule has 0 aliphatic heterocycles. The van der Waals surface area contributed by atoms with Gasteiger partial charge in [0.15, 0.2) is 5.75 Å². The maximum Gasteiger partial charge on any atom is 0.274 e. The number of hydrogen-bond acceptors (Lipinski definition) is 7. The monoisotopic (exact) mass is 413 g/mol. The highest BCUT2D eigenvalue weighted by Gasteiger charge is 2.26. The minimum absolute atomic E-state index is 0.0657. The second-order valence-electron chi connectivity index (χ2n) is 5.91. The molecule has 1 fully saturated rings. The summed E-state index contributed by atoms with van der Waals surface area (Å²) in [5.74, 6) is -0.0382. The Kier molecular flexibility index (Phi) is 6.33. The third-order valence-corrected chi connectivity index (χ3v) is 4.55. The van der Waals surface area contributed by atoms with Gasteiger partial charge in [-0.05, 0) is 12.8 Å². The van der Waals surface area contributed by atoms with Crippen molar-refractivity contribution in [2.45, 2.75) is 31.5 Å². The molecule has 0 radical (unpaired) electrons. The van der Waals surface area contributed by atoms with Crippen LogP contribution in [0.25, 0.3) is 0 Å². The molecule has 2 aromatic rings. The van der Waals surface area contributed by atoms with Gasteiger partial charge in [-0.15, -0.1) is 0 Å². The molecular formula is C17H17Cl2N3O5. The Labute approximate surface area is 165 Å². The number of aromatic nitrogens is 2. The van der Waals surface area contributed by atoms with Gasteiger partial charge in [0.2, 0.25) is 5.75 Å². The molecule has 0 spiro atoms. The lowest BCUT2D eigenvalue weighted by atomic mass is 10.2. The van der Waals surface area contributed by atoms with Crippen molar-refractivity contribution in [3.8, 4) is 11.5 Å². The van der Waals surface area contributed by atoms with Crippen LogP contribution >= 0.6 is 23.2 Å². The zero-order chi connectivity index (χ0) is 19.4. The highest BCUT2D eigenvalue weighted by molar-refractivity contribution is 6.39. The number of hydrogen-bond donors (Lipinski definition) is 2. The van der Waals surface area contributed by atoms with Crippen LogP contribution in [0.2, 0.25) is 10.0 Å². The first-order chi connectivity index (χ1) is 13.0. The molecule has 27 heavy (non-hydrogen) atoms. The van der Waals surface area contributed by atoms with Crippen LogP contribution < -0.4 is 14.9 Å². The molecule has 2 heterocycles. The van der Waals surface area contributed by atoms with Crippen LogP contribution in [0.15, 0.2) is 24.7 Å². The molecule has 1 amide bonds. The Balaban J connectivity index is 1.82. The van der Waals surface area contributed by atoms with Gasteiger partial charge in [-0.25, -0.2) is 4.98 Å². The summed E-state index contributed by atoms with van der Waals surface area (Å²) >= 11 is 12.0. The number of carbonyl (C=O) groups excluding carboxylic acids is 1. The minimum atomic E-state index is -0.537. The average Bonchev–Trinajstić information content (AvgIpc) is 3.04. The summed E-state index contributed by atoms with van der Waals surface area (Å²) in [5, 5.41) is 12.7. The van der Waals surface area contributed by atoms with E-state index in [9.17, 15) is 9.90 Å². The molecule has 1 aliphatic rings. The van der Waals surface area contributed by atoms with Gasteiger partial charge in [0.25, 0.3) is 5.91 Å². The first-order valence-corrected chi connectivity index (χ1v) is 8.89. The van der Waals surface area contributed by atoms with Gasteiger partial charge < -0.3 is 20.0 Å². The number of aliphatic hydroxyl groups excluding tert-OH is 1. The van der Waals surface area contributed by atoms with E-state index in [-0.39, 0.29) is 39.0 Å². The Hall–Kier alpha value is -2.13. The Morgan fingerprint density at radius 2 is 1.96 bits per heavy atom. The number of nitrogens with one attached hydrogen (secondary N) is 1.